The third-order valence-electron chi connectivity index (χ3n) is 2.94. The standard InChI is InChI=1S/C11H15FN2/c1-11(3-2-4-11)14-7-9-5-10(12)8-13-6-9/h5-6,8,14H,2-4,7H2,1H3. The lowest BCUT2D eigenvalue weighted by Crippen LogP contribution is -2.47. The van der Waals surface area contributed by atoms with Crippen molar-refractivity contribution in [3.05, 3.63) is 29.8 Å². The number of pyridine rings is 1. The molecule has 1 fully saturated rings. The van der Waals surface area contributed by atoms with E-state index in [1.54, 1.807) is 6.20 Å². The SMILES string of the molecule is CC1(NCc2cncc(F)c2)CCC1. The summed E-state index contributed by atoms with van der Waals surface area (Å²) in [7, 11) is 0. The predicted molar refractivity (Wildman–Crippen MR) is 53.3 cm³/mol. The second kappa shape index (κ2) is 3.65. The molecule has 1 aromatic heterocycles. The molecule has 0 spiro atoms. The first-order valence-electron chi connectivity index (χ1n) is 5.02. The molecule has 76 valence electrons. The molecule has 0 amide bonds. The van der Waals surface area contributed by atoms with Crippen LogP contribution in [0, 0.1) is 5.82 Å². The van der Waals surface area contributed by atoms with Gasteiger partial charge in [-0.3, -0.25) is 4.98 Å². The Kier molecular flexibility index (Phi) is 2.50. The topological polar surface area (TPSA) is 24.9 Å². The Morgan fingerprint density at radius 3 is 2.86 bits per heavy atom. The van der Waals surface area contributed by atoms with Gasteiger partial charge in [-0.25, -0.2) is 4.39 Å². The lowest BCUT2D eigenvalue weighted by molar-refractivity contribution is 0.206. The van der Waals surface area contributed by atoms with Crippen LogP contribution in [0.2, 0.25) is 0 Å². The summed E-state index contributed by atoms with van der Waals surface area (Å²) >= 11 is 0. The van der Waals surface area contributed by atoms with Gasteiger partial charge in [0.25, 0.3) is 0 Å². The van der Waals surface area contributed by atoms with Crippen LogP contribution in [-0.2, 0) is 6.54 Å². The van der Waals surface area contributed by atoms with Crippen molar-refractivity contribution in [1.29, 1.82) is 0 Å². The van der Waals surface area contributed by atoms with E-state index in [-0.39, 0.29) is 11.4 Å². The lowest BCUT2D eigenvalue weighted by atomic mass is 9.78. The van der Waals surface area contributed by atoms with Crippen molar-refractivity contribution in [2.75, 3.05) is 0 Å². The minimum Gasteiger partial charge on any atom is -0.307 e. The van der Waals surface area contributed by atoms with Crippen molar-refractivity contribution < 1.29 is 4.39 Å². The van der Waals surface area contributed by atoms with Gasteiger partial charge in [-0.2, -0.15) is 0 Å². The molecule has 1 aliphatic rings. The summed E-state index contributed by atoms with van der Waals surface area (Å²) in [5.41, 5.74) is 1.19. The highest BCUT2D eigenvalue weighted by atomic mass is 19.1. The quantitative estimate of drug-likeness (QED) is 0.798. The summed E-state index contributed by atoms with van der Waals surface area (Å²) in [6.45, 7) is 2.92. The normalized spacial score (nSPS) is 19.0. The van der Waals surface area contributed by atoms with Gasteiger partial charge in [-0.1, -0.05) is 0 Å². The summed E-state index contributed by atoms with van der Waals surface area (Å²) in [6.07, 6.45) is 6.67. The van der Waals surface area contributed by atoms with Gasteiger partial charge in [0.15, 0.2) is 0 Å². The molecule has 2 nitrogen and oxygen atoms in total. The Balaban J connectivity index is 1.91. The number of aromatic nitrogens is 1. The molecule has 0 bridgehead atoms. The molecule has 0 aromatic carbocycles. The molecule has 1 aromatic rings. The molecule has 0 aliphatic heterocycles. The molecular formula is C11H15FN2. The number of rotatable bonds is 3. The van der Waals surface area contributed by atoms with Gasteiger partial charge in [-0.05, 0) is 37.8 Å². The van der Waals surface area contributed by atoms with Crippen molar-refractivity contribution in [2.24, 2.45) is 0 Å². The van der Waals surface area contributed by atoms with E-state index in [2.05, 4.69) is 17.2 Å². The first-order chi connectivity index (χ1) is 6.68. The van der Waals surface area contributed by atoms with Gasteiger partial charge in [0.2, 0.25) is 0 Å². The molecule has 0 saturated heterocycles. The van der Waals surface area contributed by atoms with Crippen molar-refractivity contribution >= 4 is 0 Å². The average Bonchev–Trinajstić information content (AvgIpc) is 2.12. The van der Waals surface area contributed by atoms with Crippen LogP contribution in [0.4, 0.5) is 4.39 Å². The van der Waals surface area contributed by atoms with Gasteiger partial charge in [0.1, 0.15) is 5.82 Å². The van der Waals surface area contributed by atoms with Gasteiger partial charge < -0.3 is 5.32 Å². The Morgan fingerprint density at radius 1 is 1.50 bits per heavy atom. The molecule has 1 aliphatic carbocycles. The van der Waals surface area contributed by atoms with Crippen LogP contribution in [0.25, 0.3) is 0 Å². The van der Waals surface area contributed by atoms with E-state index in [9.17, 15) is 4.39 Å². The summed E-state index contributed by atoms with van der Waals surface area (Å²) in [5, 5.41) is 3.43. The molecule has 0 radical (unpaired) electrons. The summed E-state index contributed by atoms with van der Waals surface area (Å²) in [4.78, 5) is 3.81. The maximum Gasteiger partial charge on any atom is 0.141 e. The Hall–Kier alpha value is -0.960. The zero-order chi connectivity index (χ0) is 10.0. The van der Waals surface area contributed by atoms with Crippen LogP contribution in [0.15, 0.2) is 18.5 Å². The third-order valence-corrected chi connectivity index (χ3v) is 2.94. The minimum atomic E-state index is -0.261. The number of halogens is 1. The van der Waals surface area contributed by atoms with E-state index in [0.717, 1.165) is 5.56 Å². The molecule has 1 saturated carbocycles. The predicted octanol–water partition coefficient (Wildman–Crippen LogP) is 2.25. The van der Waals surface area contributed by atoms with Gasteiger partial charge in [0, 0.05) is 18.3 Å². The van der Waals surface area contributed by atoms with Crippen molar-refractivity contribution in [1.82, 2.24) is 10.3 Å². The largest absolute Gasteiger partial charge is 0.307 e. The van der Waals surface area contributed by atoms with Crippen LogP contribution >= 0.6 is 0 Å². The fraction of sp³-hybridized carbons (Fsp3) is 0.545. The number of nitrogens with zero attached hydrogens (tertiary/aromatic N) is 1. The van der Waals surface area contributed by atoms with E-state index < -0.39 is 0 Å². The second-order valence-electron chi connectivity index (χ2n) is 4.28. The Labute approximate surface area is 83.6 Å². The van der Waals surface area contributed by atoms with Crippen LogP contribution in [0.3, 0.4) is 0 Å². The van der Waals surface area contributed by atoms with Crippen LogP contribution in [-0.4, -0.2) is 10.5 Å². The summed E-state index contributed by atoms with van der Waals surface area (Å²) in [6, 6.07) is 1.53. The Morgan fingerprint density at radius 2 is 2.29 bits per heavy atom. The molecular weight excluding hydrogens is 179 g/mol. The molecule has 14 heavy (non-hydrogen) atoms. The molecule has 1 heterocycles. The molecule has 1 N–H and O–H groups in total. The molecule has 3 heteroatoms. The average molecular weight is 194 g/mol. The fourth-order valence-corrected chi connectivity index (χ4v) is 1.75. The fourth-order valence-electron chi connectivity index (χ4n) is 1.75. The van der Waals surface area contributed by atoms with Crippen LogP contribution in [0.5, 0.6) is 0 Å². The van der Waals surface area contributed by atoms with E-state index >= 15 is 0 Å². The zero-order valence-electron chi connectivity index (χ0n) is 8.39. The number of hydrogen-bond acceptors (Lipinski definition) is 2. The van der Waals surface area contributed by atoms with Crippen LogP contribution < -0.4 is 5.32 Å². The minimum absolute atomic E-state index is 0.261. The number of nitrogens with one attached hydrogen (secondary N) is 1. The van der Waals surface area contributed by atoms with Crippen molar-refractivity contribution in [3.63, 3.8) is 0 Å². The van der Waals surface area contributed by atoms with Crippen molar-refractivity contribution in [2.45, 2.75) is 38.3 Å². The monoisotopic (exact) mass is 194 g/mol. The zero-order valence-corrected chi connectivity index (χ0v) is 8.39. The van der Waals surface area contributed by atoms with Crippen LogP contribution in [0.1, 0.15) is 31.7 Å². The number of hydrogen-bond donors (Lipinski definition) is 1. The van der Waals surface area contributed by atoms with E-state index in [1.807, 2.05) is 0 Å². The van der Waals surface area contributed by atoms with E-state index in [4.69, 9.17) is 0 Å². The maximum absolute atomic E-state index is 12.8. The molecule has 0 unspecified atom stereocenters. The molecule has 2 rings (SSSR count). The smallest absolute Gasteiger partial charge is 0.141 e. The van der Waals surface area contributed by atoms with Gasteiger partial charge >= 0.3 is 0 Å². The van der Waals surface area contributed by atoms with Gasteiger partial charge in [-0.15, -0.1) is 0 Å². The first kappa shape index (κ1) is 9.59. The lowest BCUT2D eigenvalue weighted by Gasteiger charge is -2.39. The Bertz CT molecular complexity index is 321. The van der Waals surface area contributed by atoms with E-state index in [1.165, 1.54) is 31.5 Å². The first-order valence-corrected chi connectivity index (χ1v) is 5.02. The van der Waals surface area contributed by atoms with E-state index in [0.29, 0.717) is 6.54 Å². The highest BCUT2D eigenvalue weighted by Gasteiger charge is 2.30. The van der Waals surface area contributed by atoms with Crippen molar-refractivity contribution in [3.8, 4) is 0 Å². The molecule has 0 atom stereocenters. The summed E-state index contributed by atoms with van der Waals surface area (Å²) in [5.74, 6) is -0.261. The highest BCUT2D eigenvalue weighted by molar-refractivity contribution is 5.10. The second-order valence-corrected chi connectivity index (χ2v) is 4.28. The highest BCUT2D eigenvalue weighted by Crippen LogP contribution is 2.31. The third kappa shape index (κ3) is 2.10. The van der Waals surface area contributed by atoms with Gasteiger partial charge in [0.05, 0.1) is 6.20 Å². The summed E-state index contributed by atoms with van der Waals surface area (Å²) < 4.78 is 12.8. The maximum atomic E-state index is 12.8.